The van der Waals surface area contributed by atoms with Crippen molar-refractivity contribution in [3.63, 3.8) is 0 Å². The van der Waals surface area contributed by atoms with Crippen LogP contribution in [0.4, 0.5) is 0 Å². The van der Waals surface area contributed by atoms with Crippen LogP contribution in [0.2, 0.25) is 0 Å². The molecule has 0 aliphatic heterocycles. The number of hydrogen-bond donors (Lipinski definition) is 2. The Kier molecular flexibility index (Phi) is 10.7. The lowest BCUT2D eigenvalue weighted by Gasteiger charge is -2.30. The fourth-order valence-electron chi connectivity index (χ4n) is 3.56. The van der Waals surface area contributed by atoms with Crippen LogP contribution in [0.5, 0.6) is 0 Å². The topological polar surface area (TPSA) is 107 Å². The number of rotatable bonds is 14. The first-order valence-electron chi connectivity index (χ1n) is 10.5. The summed E-state index contributed by atoms with van der Waals surface area (Å²) in [6.07, 6.45) is 2.99. The van der Waals surface area contributed by atoms with Crippen molar-refractivity contribution in [1.82, 2.24) is 0 Å². The maximum atomic E-state index is 12.4. The first-order chi connectivity index (χ1) is 14.0. The minimum absolute atomic E-state index is 0.0745. The zero-order chi connectivity index (χ0) is 22.8. The number of nitrogens with two attached hydrogens (primary N) is 1. The number of carbonyl (C=O) groups excluding carboxylic acids is 2. The molecule has 0 fully saturated rings. The minimum atomic E-state index is -1.05. The summed E-state index contributed by atoms with van der Waals surface area (Å²) in [7, 11) is -1.05. The Morgan fingerprint density at radius 3 is 2.50 bits per heavy atom. The summed E-state index contributed by atoms with van der Waals surface area (Å²) in [4.78, 5) is 24.0. The molecule has 0 aliphatic carbocycles. The van der Waals surface area contributed by atoms with Gasteiger partial charge in [-0.15, -0.1) is 0 Å². The fourth-order valence-corrected chi connectivity index (χ4v) is 4.93. The third-order valence-corrected chi connectivity index (χ3v) is 7.17. The SMILES string of the molecule is CCOC(=O)CCc1cccc(C(C)(CCCC(C)(C)CS(=O)CCO)C(N)=O)c1. The van der Waals surface area contributed by atoms with E-state index in [1.807, 2.05) is 31.2 Å². The Morgan fingerprint density at radius 2 is 1.90 bits per heavy atom. The first kappa shape index (κ1) is 26.3. The van der Waals surface area contributed by atoms with E-state index in [1.165, 1.54) is 0 Å². The molecule has 1 aromatic rings. The number of hydrogen-bond acceptors (Lipinski definition) is 5. The Hall–Kier alpha value is -1.73. The third-order valence-electron chi connectivity index (χ3n) is 5.43. The van der Waals surface area contributed by atoms with Gasteiger partial charge in [-0.05, 0) is 49.7 Å². The van der Waals surface area contributed by atoms with Crippen LogP contribution in [0.3, 0.4) is 0 Å². The lowest BCUT2D eigenvalue weighted by molar-refractivity contribution is -0.143. The van der Waals surface area contributed by atoms with E-state index in [0.29, 0.717) is 37.4 Å². The van der Waals surface area contributed by atoms with Gasteiger partial charge in [0.1, 0.15) is 0 Å². The van der Waals surface area contributed by atoms with Gasteiger partial charge in [0.25, 0.3) is 0 Å². The molecule has 7 heteroatoms. The van der Waals surface area contributed by atoms with E-state index in [0.717, 1.165) is 24.0 Å². The highest BCUT2D eigenvalue weighted by Gasteiger charge is 2.34. The van der Waals surface area contributed by atoms with E-state index in [-0.39, 0.29) is 23.9 Å². The molecule has 0 aliphatic rings. The third kappa shape index (κ3) is 8.56. The van der Waals surface area contributed by atoms with Gasteiger partial charge in [-0.2, -0.15) is 0 Å². The Balaban J connectivity index is 2.82. The van der Waals surface area contributed by atoms with Crippen molar-refractivity contribution in [2.75, 3.05) is 24.7 Å². The molecule has 0 bridgehead atoms. The maximum Gasteiger partial charge on any atom is 0.306 e. The molecule has 1 rings (SSSR count). The predicted octanol–water partition coefficient (Wildman–Crippen LogP) is 2.86. The minimum Gasteiger partial charge on any atom is -0.466 e. The van der Waals surface area contributed by atoms with Gasteiger partial charge >= 0.3 is 5.97 Å². The lowest BCUT2D eigenvalue weighted by atomic mass is 9.75. The van der Waals surface area contributed by atoms with E-state index in [4.69, 9.17) is 15.6 Å². The quantitative estimate of drug-likeness (QED) is 0.434. The van der Waals surface area contributed by atoms with Gasteiger partial charge in [-0.3, -0.25) is 13.8 Å². The lowest BCUT2D eigenvalue weighted by Crippen LogP contribution is -2.39. The maximum absolute atomic E-state index is 12.4. The van der Waals surface area contributed by atoms with Gasteiger partial charge < -0.3 is 15.6 Å². The highest BCUT2D eigenvalue weighted by Crippen LogP contribution is 2.33. The van der Waals surface area contributed by atoms with Crippen molar-refractivity contribution < 1.29 is 23.6 Å². The molecule has 0 radical (unpaired) electrons. The molecule has 1 aromatic carbocycles. The molecular formula is C23H37NO5S. The van der Waals surface area contributed by atoms with Crippen molar-refractivity contribution in [3.05, 3.63) is 35.4 Å². The molecule has 0 saturated carbocycles. The average Bonchev–Trinajstić information content (AvgIpc) is 2.66. The number of carbonyl (C=O) groups is 2. The summed E-state index contributed by atoms with van der Waals surface area (Å²) in [5, 5.41) is 8.95. The molecule has 0 aromatic heterocycles. The summed E-state index contributed by atoms with van der Waals surface area (Å²) < 4.78 is 17.0. The molecule has 0 saturated heterocycles. The van der Waals surface area contributed by atoms with Gasteiger partial charge in [-0.25, -0.2) is 0 Å². The number of esters is 1. The van der Waals surface area contributed by atoms with Gasteiger partial charge in [0.05, 0.1) is 18.6 Å². The number of aryl methyl sites for hydroxylation is 1. The summed E-state index contributed by atoms with van der Waals surface area (Å²) >= 11 is 0. The van der Waals surface area contributed by atoms with Gasteiger partial charge in [0.2, 0.25) is 5.91 Å². The van der Waals surface area contributed by atoms with Gasteiger partial charge in [0.15, 0.2) is 0 Å². The van der Waals surface area contributed by atoms with E-state index in [2.05, 4.69) is 13.8 Å². The highest BCUT2D eigenvalue weighted by atomic mass is 32.2. The number of aliphatic hydroxyl groups is 1. The molecule has 170 valence electrons. The summed E-state index contributed by atoms with van der Waals surface area (Å²) in [5.41, 5.74) is 6.63. The van der Waals surface area contributed by atoms with Crippen LogP contribution in [-0.4, -0.2) is 45.9 Å². The first-order valence-corrected chi connectivity index (χ1v) is 12.0. The van der Waals surface area contributed by atoms with E-state index in [9.17, 15) is 13.8 Å². The molecule has 2 atom stereocenters. The van der Waals surface area contributed by atoms with Crippen molar-refractivity contribution >= 4 is 22.7 Å². The van der Waals surface area contributed by atoms with Crippen LogP contribution in [0.1, 0.15) is 64.5 Å². The normalized spacial score (nSPS) is 14.7. The fraction of sp³-hybridized carbons (Fsp3) is 0.652. The van der Waals surface area contributed by atoms with Crippen molar-refractivity contribution in [2.24, 2.45) is 11.1 Å². The Morgan fingerprint density at radius 1 is 1.20 bits per heavy atom. The monoisotopic (exact) mass is 439 g/mol. The highest BCUT2D eigenvalue weighted by molar-refractivity contribution is 7.85. The number of ether oxygens (including phenoxy) is 1. The largest absolute Gasteiger partial charge is 0.466 e. The van der Waals surface area contributed by atoms with Gasteiger partial charge in [-0.1, -0.05) is 44.5 Å². The average molecular weight is 440 g/mol. The van der Waals surface area contributed by atoms with Crippen molar-refractivity contribution in [3.8, 4) is 0 Å². The van der Waals surface area contributed by atoms with Crippen LogP contribution in [-0.2, 0) is 37.0 Å². The number of benzene rings is 1. The predicted molar refractivity (Wildman–Crippen MR) is 121 cm³/mol. The molecule has 30 heavy (non-hydrogen) atoms. The summed E-state index contributed by atoms with van der Waals surface area (Å²) in [6, 6.07) is 7.67. The number of amides is 1. The molecule has 0 spiro atoms. The van der Waals surface area contributed by atoms with Crippen LogP contribution in [0.15, 0.2) is 24.3 Å². The zero-order valence-corrected chi connectivity index (χ0v) is 19.6. The van der Waals surface area contributed by atoms with E-state index in [1.54, 1.807) is 6.92 Å². The molecular weight excluding hydrogens is 402 g/mol. The second-order valence-corrected chi connectivity index (χ2v) is 10.3. The van der Waals surface area contributed by atoms with Crippen LogP contribution in [0.25, 0.3) is 0 Å². The second-order valence-electron chi connectivity index (χ2n) is 8.73. The van der Waals surface area contributed by atoms with E-state index >= 15 is 0 Å². The van der Waals surface area contributed by atoms with Crippen LogP contribution >= 0.6 is 0 Å². The van der Waals surface area contributed by atoms with Crippen molar-refractivity contribution in [2.45, 2.75) is 65.2 Å². The van der Waals surface area contributed by atoms with Crippen LogP contribution < -0.4 is 5.73 Å². The van der Waals surface area contributed by atoms with E-state index < -0.39 is 16.2 Å². The van der Waals surface area contributed by atoms with Crippen LogP contribution in [0, 0.1) is 5.41 Å². The molecule has 0 heterocycles. The second kappa shape index (κ2) is 12.2. The number of primary amides is 1. The molecule has 3 N–H and O–H groups in total. The molecule has 6 nitrogen and oxygen atoms in total. The zero-order valence-electron chi connectivity index (χ0n) is 18.7. The summed E-state index contributed by atoms with van der Waals surface area (Å²) in [5.74, 6) is 0.193. The summed E-state index contributed by atoms with van der Waals surface area (Å²) in [6.45, 7) is 8.04. The Bertz CT molecular complexity index is 734. The molecule has 1 amide bonds. The Labute approximate surface area is 183 Å². The molecule has 2 unspecified atom stereocenters. The van der Waals surface area contributed by atoms with Gasteiger partial charge in [0, 0.05) is 28.7 Å². The standard InChI is InChI=1S/C23H37NO5S/c1-5-29-20(26)11-10-18-8-6-9-19(16-18)23(4,21(24)27)13-7-12-22(2,3)17-30(28)15-14-25/h6,8-9,16,25H,5,7,10-15,17H2,1-4H3,(H2,24,27). The number of aliphatic hydroxyl groups excluding tert-OH is 1. The van der Waals surface area contributed by atoms with Crippen molar-refractivity contribution in [1.29, 1.82) is 0 Å². The smallest absolute Gasteiger partial charge is 0.306 e.